The van der Waals surface area contributed by atoms with Gasteiger partial charge in [-0.3, -0.25) is 4.99 Å². The number of thioether (sulfide) groups is 1. The molecule has 0 spiro atoms. The SMILES string of the molecule is CCCCN=C(N)SCc1cc(OC)c(OC)cc1C. The van der Waals surface area contributed by atoms with E-state index in [1.54, 1.807) is 26.0 Å². The molecule has 0 bridgehead atoms. The van der Waals surface area contributed by atoms with E-state index in [9.17, 15) is 0 Å². The Balaban J connectivity index is 2.70. The average molecular weight is 296 g/mol. The topological polar surface area (TPSA) is 56.8 Å². The predicted molar refractivity (Wildman–Crippen MR) is 87.0 cm³/mol. The maximum absolute atomic E-state index is 5.90. The minimum Gasteiger partial charge on any atom is -0.493 e. The molecule has 0 saturated carbocycles. The Morgan fingerprint density at radius 2 is 1.90 bits per heavy atom. The van der Waals surface area contributed by atoms with Crippen LogP contribution in [-0.2, 0) is 5.75 Å². The Hall–Kier alpha value is -1.36. The van der Waals surface area contributed by atoms with E-state index in [0.717, 1.165) is 42.2 Å². The average Bonchev–Trinajstić information content (AvgIpc) is 2.45. The molecule has 0 fully saturated rings. The third kappa shape index (κ3) is 4.96. The van der Waals surface area contributed by atoms with Crippen LogP contribution in [0.15, 0.2) is 17.1 Å². The fraction of sp³-hybridized carbons (Fsp3) is 0.533. The Labute approximate surface area is 125 Å². The van der Waals surface area contributed by atoms with E-state index in [2.05, 4.69) is 18.8 Å². The van der Waals surface area contributed by atoms with Gasteiger partial charge in [0.1, 0.15) is 0 Å². The smallest absolute Gasteiger partial charge is 0.161 e. The number of rotatable bonds is 7. The number of methoxy groups -OCH3 is 2. The molecule has 0 unspecified atom stereocenters. The number of aryl methyl sites for hydroxylation is 1. The van der Waals surface area contributed by atoms with E-state index < -0.39 is 0 Å². The minimum absolute atomic E-state index is 0.646. The lowest BCUT2D eigenvalue weighted by Gasteiger charge is -2.12. The number of hydrogen-bond donors (Lipinski definition) is 1. The van der Waals surface area contributed by atoms with Crippen LogP contribution in [-0.4, -0.2) is 25.9 Å². The Kier molecular flexibility index (Phi) is 7.30. The van der Waals surface area contributed by atoms with Crippen LogP contribution in [0.25, 0.3) is 0 Å². The molecule has 0 aliphatic carbocycles. The van der Waals surface area contributed by atoms with Gasteiger partial charge in [0.05, 0.1) is 14.2 Å². The van der Waals surface area contributed by atoms with Gasteiger partial charge in [-0.15, -0.1) is 0 Å². The molecule has 0 aliphatic heterocycles. The van der Waals surface area contributed by atoms with Gasteiger partial charge in [-0.1, -0.05) is 25.1 Å². The molecule has 112 valence electrons. The van der Waals surface area contributed by atoms with Gasteiger partial charge >= 0.3 is 0 Å². The van der Waals surface area contributed by atoms with Crippen LogP contribution in [0.3, 0.4) is 0 Å². The lowest BCUT2D eigenvalue weighted by atomic mass is 10.1. The number of nitrogens with zero attached hydrogens (tertiary/aromatic N) is 1. The maximum atomic E-state index is 5.90. The molecule has 0 aromatic heterocycles. The van der Waals surface area contributed by atoms with Crippen LogP contribution < -0.4 is 15.2 Å². The van der Waals surface area contributed by atoms with Crippen molar-refractivity contribution in [1.29, 1.82) is 0 Å². The summed E-state index contributed by atoms with van der Waals surface area (Å²) in [5, 5.41) is 0.646. The van der Waals surface area contributed by atoms with Crippen LogP contribution >= 0.6 is 11.8 Å². The molecule has 0 atom stereocenters. The van der Waals surface area contributed by atoms with Crippen molar-refractivity contribution in [2.75, 3.05) is 20.8 Å². The van der Waals surface area contributed by atoms with E-state index in [0.29, 0.717) is 5.17 Å². The van der Waals surface area contributed by atoms with Crippen LogP contribution in [0.2, 0.25) is 0 Å². The standard InChI is InChI=1S/C15H24N2O2S/c1-5-6-7-17-15(16)20-10-12-9-14(19-4)13(18-3)8-11(12)2/h8-9H,5-7,10H2,1-4H3,(H2,16,17). The maximum Gasteiger partial charge on any atom is 0.161 e. The van der Waals surface area contributed by atoms with Crippen LogP contribution in [0, 0.1) is 6.92 Å². The Morgan fingerprint density at radius 1 is 1.25 bits per heavy atom. The zero-order valence-corrected chi connectivity index (χ0v) is 13.5. The van der Waals surface area contributed by atoms with E-state index in [-0.39, 0.29) is 0 Å². The molecular weight excluding hydrogens is 272 g/mol. The first-order valence-electron chi connectivity index (χ1n) is 6.76. The highest BCUT2D eigenvalue weighted by Crippen LogP contribution is 2.31. The first-order chi connectivity index (χ1) is 9.62. The van der Waals surface area contributed by atoms with Gasteiger partial charge in [0.15, 0.2) is 16.7 Å². The molecule has 1 aromatic carbocycles. The predicted octanol–water partition coefficient (Wildman–Crippen LogP) is 3.36. The van der Waals surface area contributed by atoms with Crippen molar-refractivity contribution in [2.24, 2.45) is 10.7 Å². The molecule has 0 aliphatic rings. The lowest BCUT2D eigenvalue weighted by Crippen LogP contribution is -2.08. The molecule has 0 heterocycles. The van der Waals surface area contributed by atoms with Crippen molar-refractivity contribution in [1.82, 2.24) is 0 Å². The van der Waals surface area contributed by atoms with Gasteiger partial charge in [-0.2, -0.15) is 0 Å². The van der Waals surface area contributed by atoms with E-state index in [1.165, 1.54) is 5.56 Å². The number of hydrogen-bond acceptors (Lipinski definition) is 4. The molecule has 5 heteroatoms. The van der Waals surface area contributed by atoms with Gasteiger partial charge in [0, 0.05) is 12.3 Å². The number of benzene rings is 1. The third-order valence-electron chi connectivity index (χ3n) is 3.00. The summed E-state index contributed by atoms with van der Waals surface area (Å²) in [5.74, 6) is 2.28. The molecule has 1 aromatic rings. The second-order valence-electron chi connectivity index (χ2n) is 4.50. The van der Waals surface area contributed by atoms with E-state index in [4.69, 9.17) is 15.2 Å². The quantitative estimate of drug-likeness (QED) is 0.476. The number of nitrogens with two attached hydrogens (primary N) is 1. The largest absolute Gasteiger partial charge is 0.493 e. The highest BCUT2D eigenvalue weighted by molar-refractivity contribution is 8.13. The fourth-order valence-electron chi connectivity index (χ4n) is 1.72. The summed E-state index contributed by atoms with van der Waals surface area (Å²) >= 11 is 1.56. The first-order valence-corrected chi connectivity index (χ1v) is 7.75. The van der Waals surface area contributed by atoms with Gasteiger partial charge < -0.3 is 15.2 Å². The van der Waals surface area contributed by atoms with Crippen LogP contribution in [0.1, 0.15) is 30.9 Å². The lowest BCUT2D eigenvalue weighted by molar-refractivity contribution is 0.354. The molecule has 0 amide bonds. The normalized spacial score (nSPS) is 11.5. The molecule has 4 nitrogen and oxygen atoms in total. The fourth-order valence-corrected chi connectivity index (χ4v) is 2.52. The highest BCUT2D eigenvalue weighted by atomic mass is 32.2. The number of aliphatic imine (C=N–C) groups is 1. The number of amidine groups is 1. The first kappa shape index (κ1) is 16.7. The van der Waals surface area contributed by atoms with Gasteiger partial charge in [0.2, 0.25) is 0 Å². The van der Waals surface area contributed by atoms with Crippen molar-refractivity contribution in [3.8, 4) is 11.5 Å². The number of ether oxygens (including phenoxy) is 2. The van der Waals surface area contributed by atoms with Crippen LogP contribution in [0.5, 0.6) is 11.5 Å². The Bertz CT molecular complexity index is 461. The zero-order valence-electron chi connectivity index (χ0n) is 12.7. The third-order valence-corrected chi connectivity index (χ3v) is 3.88. The monoisotopic (exact) mass is 296 g/mol. The summed E-state index contributed by atoms with van der Waals surface area (Å²) in [7, 11) is 3.29. The molecule has 20 heavy (non-hydrogen) atoms. The summed E-state index contributed by atoms with van der Waals surface area (Å²) in [6.45, 7) is 5.01. The molecule has 0 radical (unpaired) electrons. The summed E-state index contributed by atoms with van der Waals surface area (Å²) in [6.07, 6.45) is 2.22. The summed E-state index contributed by atoms with van der Waals surface area (Å²) < 4.78 is 10.6. The van der Waals surface area contributed by atoms with E-state index >= 15 is 0 Å². The Morgan fingerprint density at radius 3 is 2.50 bits per heavy atom. The van der Waals surface area contributed by atoms with Gasteiger partial charge in [-0.25, -0.2) is 0 Å². The van der Waals surface area contributed by atoms with Crippen molar-refractivity contribution in [2.45, 2.75) is 32.4 Å². The van der Waals surface area contributed by atoms with Crippen molar-refractivity contribution >= 4 is 16.9 Å². The highest BCUT2D eigenvalue weighted by Gasteiger charge is 2.09. The van der Waals surface area contributed by atoms with Crippen molar-refractivity contribution in [3.05, 3.63) is 23.3 Å². The second-order valence-corrected chi connectivity index (χ2v) is 5.49. The summed E-state index contributed by atoms with van der Waals surface area (Å²) in [5.41, 5.74) is 8.24. The van der Waals surface area contributed by atoms with Crippen LogP contribution in [0.4, 0.5) is 0 Å². The summed E-state index contributed by atoms with van der Waals surface area (Å²) in [6, 6.07) is 3.99. The number of unbranched alkanes of at least 4 members (excludes halogenated alkanes) is 1. The van der Waals surface area contributed by atoms with Crippen molar-refractivity contribution in [3.63, 3.8) is 0 Å². The minimum atomic E-state index is 0.646. The molecular formula is C15H24N2O2S. The second kappa shape index (κ2) is 8.74. The molecule has 0 saturated heterocycles. The van der Waals surface area contributed by atoms with Gasteiger partial charge in [-0.05, 0) is 36.6 Å². The van der Waals surface area contributed by atoms with Crippen molar-refractivity contribution < 1.29 is 9.47 Å². The molecule has 1 rings (SSSR count). The zero-order chi connectivity index (χ0) is 15.0. The summed E-state index contributed by atoms with van der Waals surface area (Å²) in [4.78, 5) is 4.34. The van der Waals surface area contributed by atoms with E-state index in [1.807, 2.05) is 12.1 Å². The molecule has 2 N–H and O–H groups in total. The van der Waals surface area contributed by atoms with Gasteiger partial charge in [0.25, 0.3) is 0 Å².